The highest BCUT2D eigenvalue weighted by Gasteiger charge is 2.43. The van der Waals surface area contributed by atoms with E-state index in [1.54, 1.807) is 0 Å². The lowest BCUT2D eigenvalue weighted by Gasteiger charge is -2.35. The minimum Gasteiger partial charge on any atom is -0.356 e. The normalized spacial score (nSPS) is 29.2. The standard InChI is InChI=1S/C9H16N2O/c1-11-6-3-9(4-7-11)2-5-10-8(9)12/h2-7H2,1H3,(H,10,12). The molecule has 2 fully saturated rings. The molecule has 0 unspecified atom stereocenters. The zero-order valence-electron chi connectivity index (χ0n) is 7.60. The van der Waals surface area contributed by atoms with E-state index in [1.165, 1.54) is 0 Å². The van der Waals surface area contributed by atoms with Gasteiger partial charge in [0.1, 0.15) is 0 Å². The van der Waals surface area contributed by atoms with Gasteiger partial charge in [-0.05, 0) is 39.4 Å². The fourth-order valence-corrected chi connectivity index (χ4v) is 2.24. The molecule has 3 nitrogen and oxygen atoms in total. The average molecular weight is 168 g/mol. The molecule has 0 radical (unpaired) electrons. The molecule has 2 aliphatic rings. The number of hydrogen-bond donors (Lipinski definition) is 1. The molecule has 68 valence electrons. The third kappa shape index (κ3) is 1.12. The Kier molecular flexibility index (Phi) is 1.83. The Morgan fingerprint density at radius 1 is 1.33 bits per heavy atom. The molecule has 3 heteroatoms. The molecule has 0 aromatic carbocycles. The number of piperidine rings is 1. The summed E-state index contributed by atoms with van der Waals surface area (Å²) < 4.78 is 0. The number of hydrogen-bond acceptors (Lipinski definition) is 2. The second kappa shape index (κ2) is 2.73. The van der Waals surface area contributed by atoms with E-state index in [1.807, 2.05) is 0 Å². The summed E-state index contributed by atoms with van der Waals surface area (Å²) in [6.45, 7) is 3.05. The van der Waals surface area contributed by atoms with Gasteiger partial charge in [-0.2, -0.15) is 0 Å². The first-order chi connectivity index (χ1) is 5.73. The maximum absolute atomic E-state index is 11.5. The minimum absolute atomic E-state index is 0.0203. The Morgan fingerprint density at radius 3 is 2.50 bits per heavy atom. The fraction of sp³-hybridized carbons (Fsp3) is 0.889. The van der Waals surface area contributed by atoms with Crippen molar-refractivity contribution in [3.63, 3.8) is 0 Å². The third-order valence-electron chi connectivity index (χ3n) is 3.31. The van der Waals surface area contributed by atoms with Gasteiger partial charge in [-0.15, -0.1) is 0 Å². The quantitative estimate of drug-likeness (QED) is 0.561. The number of nitrogens with zero attached hydrogens (tertiary/aromatic N) is 1. The Balaban J connectivity index is 2.07. The van der Waals surface area contributed by atoms with Crippen LogP contribution in [-0.2, 0) is 4.79 Å². The first-order valence-corrected chi connectivity index (χ1v) is 4.70. The molecule has 0 bridgehead atoms. The summed E-state index contributed by atoms with van der Waals surface area (Å²) in [5.74, 6) is 0.301. The van der Waals surface area contributed by atoms with Crippen molar-refractivity contribution in [2.75, 3.05) is 26.7 Å². The van der Waals surface area contributed by atoms with Crippen LogP contribution in [0, 0.1) is 5.41 Å². The van der Waals surface area contributed by atoms with Crippen molar-refractivity contribution >= 4 is 5.91 Å². The van der Waals surface area contributed by atoms with E-state index in [4.69, 9.17) is 0 Å². The van der Waals surface area contributed by atoms with Gasteiger partial charge >= 0.3 is 0 Å². The summed E-state index contributed by atoms with van der Waals surface area (Å²) in [4.78, 5) is 13.8. The largest absolute Gasteiger partial charge is 0.356 e. The zero-order chi connectivity index (χ0) is 8.60. The van der Waals surface area contributed by atoms with Gasteiger partial charge < -0.3 is 10.2 Å². The van der Waals surface area contributed by atoms with Crippen LogP contribution in [0.5, 0.6) is 0 Å². The highest BCUT2D eigenvalue weighted by atomic mass is 16.2. The van der Waals surface area contributed by atoms with E-state index >= 15 is 0 Å². The van der Waals surface area contributed by atoms with Crippen molar-refractivity contribution in [1.82, 2.24) is 10.2 Å². The van der Waals surface area contributed by atoms with E-state index in [0.717, 1.165) is 38.9 Å². The molecule has 0 atom stereocenters. The molecule has 0 aliphatic carbocycles. The second-order valence-electron chi connectivity index (χ2n) is 4.09. The lowest BCUT2D eigenvalue weighted by molar-refractivity contribution is -0.129. The second-order valence-corrected chi connectivity index (χ2v) is 4.09. The number of rotatable bonds is 0. The molecule has 12 heavy (non-hydrogen) atoms. The van der Waals surface area contributed by atoms with Crippen molar-refractivity contribution in [1.29, 1.82) is 0 Å². The fourth-order valence-electron chi connectivity index (χ4n) is 2.24. The van der Waals surface area contributed by atoms with Gasteiger partial charge in [-0.3, -0.25) is 4.79 Å². The van der Waals surface area contributed by atoms with Crippen molar-refractivity contribution in [3.8, 4) is 0 Å². The monoisotopic (exact) mass is 168 g/mol. The Morgan fingerprint density at radius 2 is 2.00 bits per heavy atom. The predicted molar refractivity (Wildman–Crippen MR) is 46.8 cm³/mol. The summed E-state index contributed by atoms with van der Waals surface area (Å²) in [7, 11) is 2.12. The molecule has 0 aromatic rings. The van der Waals surface area contributed by atoms with Crippen LogP contribution in [0.15, 0.2) is 0 Å². The van der Waals surface area contributed by atoms with Crippen molar-refractivity contribution in [3.05, 3.63) is 0 Å². The molecule has 1 spiro atoms. The number of carbonyl (C=O) groups is 1. The topological polar surface area (TPSA) is 32.3 Å². The number of amides is 1. The molecule has 2 heterocycles. The van der Waals surface area contributed by atoms with Crippen LogP contribution >= 0.6 is 0 Å². The van der Waals surface area contributed by atoms with Crippen LogP contribution in [-0.4, -0.2) is 37.5 Å². The molecule has 0 saturated carbocycles. The van der Waals surface area contributed by atoms with Crippen LogP contribution in [0.3, 0.4) is 0 Å². The van der Waals surface area contributed by atoms with Crippen LogP contribution in [0.4, 0.5) is 0 Å². The van der Waals surface area contributed by atoms with Gasteiger partial charge in [0, 0.05) is 6.54 Å². The summed E-state index contributed by atoms with van der Waals surface area (Å²) >= 11 is 0. The molecular weight excluding hydrogens is 152 g/mol. The van der Waals surface area contributed by atoms with E-state index < -0.39 is 0 Å². The zero-order valence-corrected chi connectivity index (χ0v) is 7.60. The van der Waals surface area contributed by atoms with Gasteiger partial charge in [0.25, 0.3) is 0 Å². The molecule has 2 saturated heterocycles. The smallest absolute Gasteiger partial charge is 0.226 e. The van der Waals surface area contributed by atoms with Crippen molar-refractivity contribution in [2.24, 2.45) is 5.41 Å². The third-order valence-corrected chi connectivity index (χ3v) is 3.31. The lowest BCUT2D eigenvalue weighted by Crippen LogP contribution is -2.42. The van der Waals surface area contributed by atoms with Crippen molar-refractivity contribution < 1.29 is 4.79 Å². The van der Waals surface area contributed by atoms with E-state index in [0.29, 0.717) is 5.91 Å². The van der Waals surface area contributed by atoms with Crippen LogP contribution in [0.2, 0.25) is 0 Å². The van der Waals surface area contributed by atoms with E-state index in [-0.39, 0.29) is 5.41 Å². The highest BCUT2D eigenvalue weighted by molar-refractivity contribution is 5.84. The maximum Gasteiger partial charge on any atom is 0.226 e. The number of nitrogens with one attached hydrogen (secondary N) is 1. The summed E-state index contributed by atoms with van der Waals surface area (Å²) in [5.41, 5.74) is 0.0203. The minimum atomic E-state index is 0.0203. The van der Waals surface area contributed by atoms with Crippen molar-refractivity contribution in [2.45, 2.75) is 19.3 Å². The van der Waals surface area contributed by atoms with Gasteiger partial charge in [0.15, 0.2) is 0 Å². The van der Waals surface area contributed by atoms with Gasteiger partial charge in [-0.1, -0.05) is 0 Å². The molecule has 1 N–H and O–H groups in total. The molecule has 0 aromatic heterocycles. The van der Waals surface area contributed by atoms with Gasteiger partial charge in [0.2, 0.25) is 5.91 Å². The number of carbonyl (C=O) groups excluding carboxylic acids is 1. The predicted octanol–water partition coefficient (Wildman–Crippen LogP) is 0.218. The van der Waals surface area contributed by atoms with Crippen LogP contribution in [0.1, 0.15) is 19.3 Å². The lowest BCUT2D eigenvalue weighted by atomic mass is 9.77. The average Bonchev–Trinajstić information content (AvgIpc) is 2.41. The first-order valence-electron chi connectivity index (χ1n) is 4.70. The number of likely N-dealkylation sites (tertiary alicyclic amines) is 1. The molecule has 2 rings (SSSR count). The van der Waals surface area contributed by atoms with E-state index in [2.05, 4.69) is 17.3 Å². The molecular formula is C9H16N2O. The van der Waals surface area contributed by atoms with Gasteiger partial charge in [-0.25, -0.2) is 0 Å². The summed E-state index contributed by atoms with van der Waals surface area (Å²) in [6.07, 6.45) is 3.16. The maximum atomic E-state index is 11.5. The SMILES string of the molecule is CN1CCC2(CCNC2=O)CC1. The highest BCUT2D eigenvalue weighted by Crippen LogP contribution is 2.37. The Labute approximate surface area is 73.1 Å². The Bertz CT molecular complexity index is 195. The van der Waals surface area contributed by atoms with Crippen LogP contribution in [0.25, 0.3) is 0 Å². The summed E-state index contributed by atoms with van der Waals surface area (Å²) in [5, 5.41) is 2.94. The molecule has 2 aliphatic heterocycles. The molecule has 1 amide bonds. The Hall–Kier alpha value is -0.570. The van der Waals surface area contributed by atoms with Gasteiger partial charge in [0.05, 0.1) is 5.41 Å². The van der Waals surface area contributed by atoms with Crippen LogP contribution < -0.4 is 5.32 Å². The summed E-state index contributed by atoms with van der Waals surface area (Å²) in [6, 6.07) is 0. The first kappa shape index (κ1) is 8.05. The van der Waals surface area contributed by atoms with E-state index in [9.17, 15) is 4.79 Å².